The maximum atomic E-state index is 10.7. The van der Waals surface area contributed by atoms with Crippen LogP contribution in [0.15, 0.2) is 0 Å². The molecule has 0 saturated carbocycles. The van der Waals surface area contributed by atoms with E-state index >= 15 is 0 Å². The van der Waals surface area contributed by atoms with Gasteiger partial charge in [-0.15, -0.1) is 0 Å². The second-order valence-electron chi connectivity index (χ2n) is 3.80. The molecular weight excluding hydrogens is 194 g/mol. The molecule has 2 nitrogen and oxygen atoms in total. The van der Waals surface area contributed by atoms with Gasteiger partial charge in [0.05, 0.1) is 0 Å². The predicted molar refractivity (Wildman–Crippen MR) is 65.2 cm³/mol. The third-order valence-electron chi connectivity index (χ3n) is 2.27. The van der Waals surface area contributed by atoms with Crippen molar-refractivity contribution in [1.29, 1.82) is 0 Å². The fourth-order valence-corrected chi connectivity index (χ4v) is 1.80. The molecule has 0 aliphatic carbocycles. The molecule has 0 spiro atoms. The normalized spacial score (nSPS) is 13.0. The lowest BCUT2D eigenvalue weighted by atomic mass is 10.1. The molecule has 0 amide bonds. The molecule has 1 atom stereocenters. The second kappa shape index (κ2) is 11.2. The van der Waals surface area contributed by atoms with Crippen LogP contribution >= 0.6 is 0 Å². The summed E-state index contributed by atoms with van der Waals surface area (Å²) < 4.78 is 10.7. The average molecular weight is 219 g/mol. The van der Waals surface area contributed by atoms with E-state index in [4.69, 9.17) is 0 Å². The van der Waals surface area contributed by atoms with Crippen molar-refractivity contribution in [2.24, 2.45) is 0 Å². The highest BCUT2D eigenvalue weighted by Crippen LogP contribution is 2.03. The van der Waals surface area contributed by atoms with Crippen LogP contribution in [-0.4, -0.2) is 29.3 Å². The molecule has 14 heavy (non-hydrogen) atoms. The first kappa shape index (κ1) is 14.1. The zero-order valence-electron chi connectivity index (χ0n) is 9.68. The molecule has 0 aromatic carbocycles. The molecule has 0 aromatic rings. The van der Waals surface area contributed by atoms with Crippen LogP contribution in [0.4, 0.5) is 0 Å². The Bertz CT molecular complexity index is 139. The van der Waals surface area contributed by atoms with Gasteiger partial charge in [0.15, 0.2) is 0 Å². The molecule has 0 bridgehead atoms. The highest BCUT2D eigenvalue weighted by Gasteiger charge is 1.92. The monoisotopic (exact) mass is 219 g/mol. The van der Waals surface area contributed by atoms with Crippen molar-refractivity contribution in [2.75, 3.05) is 25.1 Å². The molecule has 3 heteroatoms. The topological polar surface area (TPSA) is 29.1 Å². The maximum absolute atomic E-state index is 10.7. The summed E-state index contributed by atoms with van der Waals surface area (Å²) in [6.07, 6.45) is 9.81. The maximum Gasteiger partial charge on any atom is 0.0357 e. The zero-order valence-corrected chi connectivity index (χ0v) is 10.5. The van der Waals surface area contributed by atoms with Crippen molar-refractivity contribution in [3.05, 3.63) is 0 Å². The van der Waals surface area contributed by atoms with Gasteiger partial charge in [0.25, 0.3) is 0 Å². The lowest BCUT2D eigenvalue weighted by Crippen LogP contribution is -2.21. The first-order chi connectivity index (χ1) is 6.77. The average Bonchev–Trinajstić information content (AvgIpc) is 2.15. The van der Waals surface area contributed by atoms with Gasteiger partial charge in [0.2, 0.25) is 0 Å². The van der Waals surface area contributed by atoms with Gasteiger partial charge in [-0.25, -0.2) is 0 Å². The highest BCUT2D eigenvalue weighted by atomic mass is 32.2. The minimum Gasteiger partial charge on any atom is -0.316 e. The largest absolute Gasteiger partial charge is 0.316 e. The molecule has 86 valence electrons. The van der Waals surface area contributed by atoms with E-state index in [1.807, 2.05) is 0 Å². The first-order valence-electron chi connectivity index (χ1n) is 5.78. The van der Waals surface area contributed by atoms with Gasteiger partial charge >= 0.3 is 0 Å². The number of hydrogen-bond acceptors (Lipinski definition) is 2. The Morgan fingerprint density at radius 2 is 1.64 bits per heavy atom. The van der Waals surface area contributed by atoms with Crippen molar-refractivity contribution in [1.82, 2.24) is 5.32 Å². The number of unbranched alkanes of at least 4 members (excludes halogenated alkanes) is 5. The van der Waals surface area contributed by atoms with Gasteiger partial charge in [-0.1, -0.05) is 39.0 Å². The van der Waals surface area contributed by atoms with Crippen LogP contribution in [0.2, 0.25) is 0 Å². The Kier molecular flexibility index (Phi) is 11.3. The van der Waals surface area contributed by atoms with Crippen LogP contribution in [-0.2, 0) is 10.8 Å². The fraction of sp³-hybridized carbons (Fsp3) is 1.00. The van der Waals surface area contributed by atoms with Gasteiger partial charge in [-0.05, 0) is 13.0 Å². The number of nitrogens with one attached hydrogen (secondary N) is 1. The SMILES string of the molecule is CCCCCCCCNCCS(C)=O. The van der Waals surface area contributed by atoms with E-state index in [-0.39, 0.29) is 0 Å². The number of hydrogen-bond donors (Lipinski definition) is 1. The molecule has 0 saturated heterocycles. The second-order valence-corrected chi connectivity index (χ2v) is 5.35. The summed E-state index contributed by atoms with van der Waals surface area (Å²) in [5.41, 5.74) is 0. The van der Waals surface area contributed by atoms with Gasteiger partial charge < -0.3 is 5.32 Å². The molecule has 0 aromatic heterocycles. The Morgan fingerprint density at radius 3 is 2.29 bits per heavy atom. The Hall–Kier alpha value is 0.110. The van der Waals surface area contributed by atoms with E-state index in [9.17, 15) is 4.21 Å². The van der Waals surface area contributed by atoms with Crippen LogP contribution < -0.4 is 5.32 Å². The number of rotatable bonds is 10. The van der Waals surface area contributed by atoms with E-state index in [2.05, 4.69) is 12.2 Å². The van der Waals surface area contributed by atoms with E-state index in [0.29, 0.717) is 0 Å². The van der Waals surface area contributed by atoms with Crippen molar-refractivity contribution in [3.8, 4) is 0 Å². The lowest BCUT2D eigenvalue weighted by molar-refractivity contribution is 0.580. The highest BCUT2D eigenvalue weighted by molar-refractivity contribution is 7.84. The summed E-state index contributed by atoms with van der Waals surface area (Å²) in [7, 11) is -0.640. The van der Waals surface area contributed by atoms with Crippen molar-refractivity contribution >= 4 is 10.8 Å². The van der Waals surface area contributed by atoms with Gasteiger partial charge in [0, 0.05) is 29.4 Å². The molecule has 0 aliphatic rings. The minimum atomic E-state index is -0.640. The molecule has 0 fully saturated rings. The van der Waals surface area contributed by atoms with Crippen LogP contribution in [0, 0.1) is 0 Å². The molecule has 0 radical (unpaired) electrons. The van der Waals surface area contributed by atoms with Crippen molar-refractivity contribution < 1.29 is 4.21 Å². The van der Waals surface area contributed by atoms with Crippen LogP contribution in [0.5, 0.6) is 0 Å². The molecule has 1 N–H and O–H groups in total. The summed E-state index contributed by atoms with van der Waals surface area (Å²) in [6, 6.07) is 0. The predicted octanol–water partition coefficient (Wildman–Crippen LogP) is 2.32. The summed E-state index contributed by atoms with van der Waals surface area (Å²) in [4.78, 5) is 0. The summed E-state index contributed by atoms with van der Waals surface area (Å²) in [5.74, 6) is 0.788. The van der Waals surface area contributed by atoms with E-state index in [1.54, 1.807) is 6.26 Å². The molecular formula is C11H25NOS. The Labute approximate surface area is 91.3 Å². The van der Waals surface area contributed by atoms with Crippen molar-refractivity contribution in [3.63, 3.8) is 0 Å². The van der Waals surface area contributed by atoms with E-state index < -0.39 is 10.8 Å². The lowest BCUT2D eigenvalue weighted by Gasteiger charge is -2.03. The molecule has 1 unspecified atom stereocenters. The van der Waals surface area contributed by atoms with Gasteiger partial charge in [0.1, 0.15) is 0 Å². The van der Waals surface area contributed by atoms with Crippen molar-refractivity contribution in [2.45, 2.75) is 45.4 Å². The first-order valence-corrected chi connectivity index (χ1v) is 7.50. The zero-order chi connectivity index (χ0) is 10.6. The Morgan fingerprint density at radius 1 is 1.00 bits per heavy atom. The van der Waals surface area contributed by atoms with Crippen LogP contribution in [0.1, 0.15) is 45.4 Å². The summed E-state index contributed by atoms with van der Waals surface area (Å²) in [6.45, 7) is 4.23. The van der Waals surface area contributed by atoms with Crippen LogP contribution in [0.3, 0.4) is 0 Å². The standard InChI is InChI=1S/C11H25NOS/c1-3-4-5-6-7-8-9-12-10-11-14(2)13/h12H,3-11H2,1-2H3. The molecule has 0 rings (SSSR count). The molecule has 0 heterocycles. The Balaban J connectivity index is 2.88. The fourth-order valence-electron chi connectivity index (χ4n) is 1.37. The van der Waals surface area contributed by atoms with Gasteiger partial charge in [-0.2, -0.15) is 0 Å². The van der Waals surface area contributed by atoms with E-state index in [0.717, 1.165) is 18.8 Å². The summed E-state index contributed by atoms with van der Waals surface area (Å²) in [5, 5.41) is 3.31. The van der Waals surface area contributed by atoms with Crippen LogP contribution in [0.25, 0.3) is 0 Å². The van der Waals surface area contributed by atoms with Gasteiger partial charge in [-0.3, -0.25) is 4.21 Å². The summed E-state index contributed by atoms with van der Waals surface area (Å²) >= 11 is 0. The third kappa shape index (κ3) is 12.1. The molecule has 0 aliphatic heterocycles. The minimum absolute atomic E-state index is 0.640. The quantitative estimate of drug-likeness (QED) is 0.571. The smallest absolute Gasteiger partial charge is 0.0357 e. The third-order valence-corrected chi connectivity index (χ3v) is 3.05. The van der Waals surface area contributed by atoms with E-state index in [1.165, 1.54) is 38.5 Å².